The van der Waals surface area contributed by atoms with Crippen molar-refractivity contribution in [1.82, 2.24) is 30.5 Å². The molecule has 33 heavy (non-hydrogen) atoms. The Hall–Kier alpha value is -3.73. The summed E-state index contributed by atoms with van der Waals surface area (Å²) in [5.74, 6) is 0.0170. The molecule has 0 bridgehead atoms. The number of aromatic amines is 2. The number of ether oxygens (including phenoxy) is 1. The number of nitrogens with one attached hydrogen (secondary N) is 4. The number of hydrogen-bond donors (Lipinski definition) is 4. The van der Waals surface area contributed by atoms with Crippen molar-refractivity contribution in [2.24, 2.45) is 0 Å². The van der Waals surface area contributed by atoms with E-state index in [1.165, 1.54) is 6.07 Å². The minimum atomic E-state index is -0.683. The molecule has 1 saturated heterocycles. The van der Waals surface area contributed by atoms with Gasteiger partial charge in [0.1, 0.15) is 11.6 Å². The van der Waals surface area contributed by atoms with E-state index in [0.717, 1.165) is 31.4 Å². The predicted octanol–water partition coefficient (Wildman–Crippen LogP) is 3.91. The number of anilines is 3. The van der Waals surface area contributed by atoms with Gasteiger partial charge < -0.3 is 25.3 Å². The van der Waals surface area contributed by atoms with Gasteiger partial charge in [-0.15, -0.1) is 0 Å². The van der Waals surface area contributed by atoms with Gasteiger partial charge in [-0.05, 0) is 26.8 Å². The molecule has 0 radical (unpaired) electrons. The normalized spacial score (nSPS) is 16.4. The molecule has 0 saturated carbocycles. The zero-order valence-electron chi connectivity index (χ0n) is 18.5. The molecule has 172 valence electrons. The molecule has 1 aliphatic heterocycles. The zero-order chi connectivity index (χ0) is 23.1. The molecule has 4 heterocycles. The number of aromatic nitrogens is 5. The third-order valence-electron chi connectivity index (χ3n) is 5.55. The van der Waals surface area contributed by atoms with Crippen LogP contribution in [0.4, 0.5) is 26.2 Å². The highest BCUT2D eigenvalue weighted by Crippen LogP contribution is 2.33. The van der Waals surface area contributed by atoms with Crippen LogP contribution < -0.4 is 20.3 Å². The highest BCUT2D eigenvalue weighted by atomic mass is 19.1. The second-order valence-electron chi connectivity index (χ2n) is 8.22. The summed E-state index contributed by atoms with van der Waals surface area (Å²) in [4.78, 5) is 13.8. The van der Waals surface area contributed by atoms with Crippen LogP contribution in [0.2, 0.25) is 0 Å². The molecule has 1 unspecified atom stereocenters. The Morgan fingerprint density at radius 2 is 1.94 bits per heavy atom. The van der Waals surface area contributed by atoms with E-state index in [-0.39, 0.29) is 28.7 Å². The number of hydrogen-bond acceptors (Lipinski definition) is 7. The number of fused-ring (bicyclic) bond motifs is 1. The highest BCUT2D eigenvalue weighted by Gasteiger charge is 2.23. The molecule has 4 aromatic rings. The smallest absolute Gasteiger partial charge is 0.326 e. The van der Waals surface area contributed by atoms with Gasteiger partial charge in [0.2, 0.25) is 0 Å². The first kappa shape index (κ1) is 21.1. The maximum atomic E-state index is 15.1. The summed E-state index contributed by atoms with van der Waals surface area (Å²) in [6.07, 6.45) is 0. The van der Waals surface area contributed by atoms with Gasteiger partial charge in [-0.1, -0.05) is 0 Å². The first-order valence-electron chi connectivity index (χ1n) is 10.7. The maximum Gasteiger partial charge on any atom is 0.326 e. The number of H-pyrrole nitrogens is 2. The number of rotatable bonds is 5. The van der Waals surface area contributed by atoms with Gasteiger partial charge in [-0.2, -0.15) is 15.1 Å². The lowest BCUT2D eigenvalue weighted by Gasteiger charge is -2.35. The molecule has 0 amide bonds. The van der Waals surface area contributed by atoms with Gasteiger partial charge >= 0.3 is 6.01 Å². The topological polar surface area (TPSA) is 107 Å². The number of aryl methyl sites for hydroxylation is 2. The van der Waals surface area contributed by atoms with Crippen molar-refractivity contribution in [2.45, 2.75) is 26.8 Å². The summed E-state index contributed by atoms with van der Waals surface area (Å²) < 4.78 is 35.4. The molecular formula is C22H24F2N8O. The van der Waals surface area contributed by atoms with Gasteiger partial charge in [-0.3, -0.25) is 5.10 Å². The van der Waals surface area contributed by atoms with Crippen LogP contribution in [0, 0.1) is 25.5 Å². The lowest BCUT2D eigenvalue weighted by molar-refractivity contribution is 0.409. The molecular weight excluding hydrogens is 430 g/mol. The van der Waals surface area contributed by atoms with Crippen molar-refractivity contribution in [1.29, 1.82) is 0 Å². The number of benzene rings is 1. The monoisotopic (exact) mass is 454 g/mol. The first-order valence-corrected chi connectivity index (χ1v) is 10.7. The van der Waals surface area contributed by atoms with Crippen LogP contribution in [0.15, 0.2) is 24.3 Å². The summed E-state index contributed by atoms with van der Waals surface area (Å²) in [5, 5.41) is 13.6. The van der Waals surface area contributed by atoms with E-state index in [0.29, 0.717) is 23.1 Å². The maximum absolute atomic E-state index is 15.1. The number of halogens is 2. The summed E-state index contributed by atoms with van der Waals surface area (Å²) in [7, 11) is 0. The van der Waals surface area contributed by atoms with Crippen molar-refractivity contribution >= 4 is 28.4 Å². The minimum absolute atomic E-state index is 0.0953. The van der Waals surface area contributed by atoms with E-state index in [4.69, 9.17) is 4.74 Å². The van der Waals surface area contributed by atoms with Gasteiger partial charge in [0.05, 0.1) is 5.52 Å². The fourth-order valence-corrected chi connectivity index (χ4v) is 3.97. The van der Waals surface area contributed by atoms with Crippen molar-refractivity contribution in [3.63, 3.8) is 0 Å². The second-order valence-corrected chi connectivity index (χ2v) is 8.22. The first-order chi connectivity index (χ1) is 15.9. The van der Waals surface area contributed by atoms with E-state index < -0.39 is 11.6 Å². The lowest BCUT2D eigenvalue weighted by atomic mass is 10.2. The van der Waals surface area contributed by atoms with Crippen LogP contribution in [-0.2, 0) is 0 Å². The van der Waals surface area contributed by atoms with Gasteiger partial charge in [-0.25, -0.2) is 8.78 Å². The quantitative estimate of drug-likeness (QED) is 0.362. The highest BCUT2D eigenvalue weighted by molar-refractivity contribution is 5.83. The fourth-order valence-electron chi connectivity index (χ4n) is 3.97. The van der Waals surface area contributed by atoms with Gasteiger partial charge in [0.15, 0.2) is 23.2 Å². The van der Waals surface area contributed by atoms with Crippen molar-refractivity contribution in [3.05, 3.63) is 47.3 Å². The third-order valence-corrected chi connectivity index (χ3v) is 5.55. The van der Waals surface area contributed by atoms with Crippen LogP contribution in [0.25, 0.3) is 10.9 Å². The fraction of sp³-hybridized carbons (Fsp3) is 0.318. The standard InChI is InChI=1S/C22H24F2N8O/c1-11-6-14-20(24)16(8-15(23)21(14)26-11)33-22-28-17(27-18-7-12(2)30-31-18)9-19(29-22)32-5-4-25-10-13(32)3/h6-9,13,25-26H,4-5,10H2,1-3H3,(H2,27,28,29,30,31). The summed E-state index contributed by atoms with van der Waals surface area (Å²) in [6, 6.07) is 6.23. The Labute approximate surface area is 188 Å². The van der Waals surface area contributed by atoms with Crippen LogP contribution in [-0.4, -0.2) is 50.8 Å². The Kier molecular flexibility index (Phi) is 5.33. The van der Waals surface area contributed by atoms with Crippen LogP contribution in [0.5, 0.6) is 11.8 Å². The number of piperazine rings is 1. The average Bonchev–Trinajstić information content (AvgIpc) is 3.37. The summed E-state index contributed by atoms with van der Waals surface area (Å²) in [5.41, 5.74) is 1.62. The average molecular weight is 454 g/mol. The molecule has 1 aromatic carbocycles. The van der Waals surface area contributed by atoms with E-state index in [1.807, 2.05) is 13.0 Å². The molecule has 1 fully saturated rings. The molecule has 9 nitrogen and oxygen atoms in total. The molecule has 11 heteroatoms. The van der Waals surface area contributed by atoms with E-state index in [2.05, 4.69) is 47.6 Å². The molecule has 4 N–H and O–H groups in total. The Bertz CT molecular complexity index is 1320. The van der Waals surface area contributed by atoms with Gasteiger partial charge in [0, 0.05) is 60.6 Å². The van der Waals surface area contributed by atoms with Gasteiger partial charge in [0.25, 0.3) is 0 Å². The van der Waals surface area contributed by atoms with E-state index in [1.54, 1.807) is 13.0 Å². The molecule has 1 atom stereocenters. The molecule has 0 aliphatic carbocycles. The molecule has 0 spiro atoms. The lowest BCUT2D eigenvalue weighted by Crippen LogP contribution is -2.50. The number of nitrogens with zero attached hydrogens (tertiary/aromatic N) is 4. The Morgan fingerprint density at radius 1 is 1.09 bits per heavy atom. The second kappa shape index (κ2) is 8.32. The Morgan fingerprint density at radius 3 is 2.70 bits per heavy atom. The predicted molar refractivity (Wildman–Crippen MR) is 121 cm³/mol. The SMILES string of the molecule is Cc1cc(Nc2cc(N3CCNCC3C)nc(Oc3cc(F)c4[nH]c(C)cc4c3F)n2)n[nH]1. The van der Waals surface area contributed by atoms with Crippen LogP contribution >= 0.6 is 0 Å². The largest absolute Gasteiger partial charge is 0.421 e. The van der Waals surface area contributed by atoms with Crippen molar-refractivity contribution < 1.29 is 13.5 Å². The summed E-state index contributed by atoms with van der Waals surface area (Å²) in [6.45, 7) is 8.03. The third kappa shape index (κ3) is 4.19. The molecule has 1 aliphatic rings. The van der Waals surface area contributed by atoms with Crippen LogP contribution in [0.3, 0.4) is 0 Å². The summed E-state index contributed by atoms with van der Waals surface area (Å²) >= 11 is 0. The van der Waals surface area contributed by atoms with E-state index >= 15 is 4.39 Å². The van der Waals surface area contributed by atoms with Crippen molar-refractivity contribution in [2.75, 3.05) is 29.9 Å². The Balaban J connectivity index is 1.54. The molecule has 5 rings (SSSR count). The van der Waals surface area contributed by atoms with E-state index in [9.17, 15) is 4.39 Å². The zero-order valence-corrected chi connectivity index (χ0v) is 18.5. The van der Waals surface area contributed by atoms with Crippen LogP contribution in [0.1, 0.15) is 18.3 Å². The van der Waals surface area contributed by atoms with Crippen molar-refractivity contribution in [3.8, 4) is 11.8 Å². The molecule has 3 aromatic heterocycles. The minimum Gasteiger partial charge on any atom is -0.421 e.